The zero-order chi connectivity index (χ0) is 14.2. The minimum Gasteiger partial charge on any atom is -0.382 e. The van der Waals surface area contributed by atoms with E-state index in [4.69, 9.17) is 9.47 Å². The molecule has 1 atom stereocenters. The molecule has 2 aromatic rings. The lowest BCUT2D eigenvalue weighted by Gasteiger charge is -2.13. The second-order valence-corrected chi connectivity index (χ2v) is 5.41. The molecule has 5 heteroatoms. The van der Waals surface area contributed by atoms with Crippen molar-refractivity contribution in [3.63, 3.8) is 0 Å². The molecular formula is C15H20N2O2S. The Bertz CT molecular complexity index is 502. The number of nitrogens with zero attached hydrogens (tertiary/aromatic N) is 1. The Morgan fingerprint density at radius 3 is 3.00 bits per heavy atom. The van der Waals surface area contributed by atoms with Crippen LogP contribution in [0, 0.1) is 0 Å². The van der Waals surface area contributed by atoms with E-state index in [-0.39, 0.29) is 6.04 Å². The first-order chi connectivity index (χ1) is 9.79. The molecule has 0 saturated heterocycles. The lowest BCUT2D eigenvalue weighted by Crippen LogP contribution is -2.06. The van der Waals surface area contributed by atoms with Gasteiger partial charge in [0.1, 0.15) is 5.01 Å². The summed E-state index contributed by atoms with van der Waals surface area (Å²) >= 11 is 1.66. The molecule has 0 aliphatic heterocycles. The van der Waals surface area contributed by atoms with E-state index >= 15 is 0 Å². The predicted octanol–water partition coefficient (Wildman–Crippen LogP) is 3.48. The molecule has 0 fully saturated rings. The second-order valence-electron chi connectivity index (χ2n) is 4.48. The lowest BCUT2D eigenvalue weighted by atomic mass is 10.2. The fourth-order valence-corrected chi connectivity index (χ4v) is 2.49. The number of ether oxygens (including phenoxy) is 2. The van der Waals surface area contributed by atoms with Gasteiger partial charge < -0.3 is 14.8 Å². The summed E-state index contributed by atoms with van der Waals surface area (Å²) in [6.45, 7) is 3.95. The number of hydrogen-bond acceptors (Lipinski definition) is 5. The van der Waals surface area contributed by atoms with Crippen molar-refractivity contribution in [2.45, 2.75) is 19.6 Å². The number of benzene rings is 1. The standard InChI is InChI=1S/C15H20N2O2S/c1-12(15-16-6-9-20-15)17-14-5-3-4-13(10-14)11-19-8-7-18-2/h3-6,9-10,12,17H,7-8,11H2,1-2H3. The van der Waals surface area contributed by atoms with Crippen LogP contribution in [0.5, 0.6) is 0 Å². The number of thiazole rings is 1. The normalized spacial score (nSPS) is 12.3. The Morgan fingerprint density at radius 1 is 1.35 bits per heavy atom. The number of hydrogen-bond donors (Lipinski definition) is 1. The Morgan fingerprint density at radius 2 is 2.25 bits per heavy atom. The highest BCUT2D eigenvalue weighted by atomic mass is 32.1. The van der Waals surface area contributed by atoms with E-state index in [1.165, 1.54) is 0 Å². The molecule has 4 nitrogen and oxygen atoms in total. The average Bonchev–Trinajstić information content (AvgIpc) is 2.98. The molecule has 0 spiro atoms. The SMILES string of the molecule is COCCOCc1cccc(NC(C)c2nccs2)c1. The van der Waals surface area contributed by atoms with Gasteiger partial charge >= 0.3 is 0 Å². The maximum absolute atomic E-state index is 5.53. The van der Waals surface area contributed by atoms with E-state index < -0.39 is 0 Å². The minimum absolute atomic E-state index is 0.208. The molecule has 1 unspecified atom stereocenters. The van der Waals surface area contributed by atoms with Crippen LogP contribution in [-0.2, 0) is 16.1 Å². The van der Waals surface area contributed by atoms with Crippen LogP contribution < -0.4 is 5.32 Å². The molecule has 0 aliphatic carbocycles. The first-order valence-corrected chi connectivity index (χ1v) is 7.49. The number of nitrogens with one attached hydrogen (secondary N) is 1. The van der Waals surface area contributed by atoms with Gasteiger partial charge in [-0.1, -0.05) is 12.1 Å². The molecule has 0 bridgehead atoms. The summed E-state index contributed by atoms with van der Waals surface area (Å²) in [5, 5.41) is 6.54. The van der Waals surface area contributed by atoms with Crippen molar-refractivity contribution in [1.82, 2.24) is 4.98 Å². The lowest BCUT2D eigenvalue weighted by molar-refractivity contribution is 0.0617. The number of rotatable bonds is 8. The van der Waals surface area contributed by atoms with Crippen molar-refractivity contribution in [2.75, 3.05) is 25.6 Å². The molecule has 0 amide bonds. The van der Waals surface area contributed by atoms with Crippen molar-refractivity contribution < 1.29 is 9.47 Å². The van der Waals surface area contributed by atoms with Gasteiger partial charge in [-0.05, 0) is 24.6 Å². The van der Waals surface area contributed by atoms with Crippen LogP contribution in [0.1, 0.15) is 23.5 Å². The van der Waals surface area contributed by atoms with Crippen molar-refractivity contribution in [1.29, 1.82) is 0 Å². The van der Waals surface area contributed by atoms with Crippen LogP contribution >= 0.6 is 11.3 Å². The molecule has 2 rings (SSSR count). The van der Waals surface area contributed by atoms with E-state index in [0.717, 1.165) is 16.3 Å². The van der Waals surface area contributed by atoms with E-state index in [1.54, 1.807) is 18.4 Å². The third kappa shape index (κ3) is 4.59. The summed E-state index contributed by atoms with van der Waals surface area (Å²) < 4.78 is 10.5. The molecule has 1 N–H and O–H groups in total. The van der Waals surface area contributed by atoms with Crippen LogP contribution in [0.4, 0.5) is 5.69 Å². The smallest absolute Gasteiger partial charge is 0.115 e. The Balaban J connectivity index is 1.89. The predicted molar refractivity (Wildman–Crippen MR) is 82.1 cm³/mol. The number of methoxy groups -OCH3 is 1. The van der Waals surface area contributed by atoms with Crippen LogP contribution in [0.15, 0.2) is 35.8 Å². The van der Waals surface area contributed by atoms with Crippen LogP contribution in [0.25, 0.3) is 0 Å². The quantitative estimate of drug-likeness (QED) is 0.757. The van der Waals surface area contributed by atoms with Gasteiger partial charge in [-0.3, -0.25) is 0 Å². The molecule has 0 radical (unpaired) electrons. The Kier molecular flexibility index (Phi) is 5.98. The zero-order valence-electron chi connectivity index (χ0n) is 11.8. The number of anilines is 1. The molecule has 0 aliphatic rings. The maximum Gasteiger partial charge on any atom is 0.115 e. The van der Waals surface area contributed by atoms with Gasteiger partial charge in [0.25, 0.3) is 0 Å². The molecule has 0 saturated carbocycles. The minimum atomic E-state index is 0.208. The fraction of sp³-hybridized carbons (Fsp3) is 0.400. The highest BCUT2D eigenvalue weighted by molar-refractivity contribution is 7.09. The first-order valence-electron chi connectivity index (χ1n) is 6.61. The third-order valence-electron chi connectivity index (χ3n) is 2.83. The van der Waals surface area contributed by atoms with E-state index in [0.29, 0.717) is 19.8 Å². The van der Waals surface area contributed by atoms with Crippen molar-refractivity contribution >= 4 is 17.0 Å². The second kappa shape index (κ2) is 7.99. The zero-order valence-corrected chi connectivity index (χ0v) is 12.7. The van der Waals surface area contributed by atoms with Crippen LogP contribution in [0.2, 0.25) is 0 Å². The van der Waals surface area contributed by atoms with Gasteiger partial charge in [0.15, 0.2) is 0 Å². The van der Waals surface area contributed by atoms with Gasteiger partial charge in [-0.25, -0.2) is 4.98 Å². The summed E-state index contributed by atoms with van der Waals surface area (Å²) in [7, 11) is 1.67. The van der Waals surface area contributed by atoms with Crippen LogP contribution in [0.3, 0.4) is 0 Å². The van der Waals surface area contributed by atoms with Crippen molar-refractivity contribution in [3.8, 4) is 0 Å². The summed E-state index contributed by atoms with van der Waals surface area (Å²) in [4.78, 5) is 4.32. The Hall–Kier alpha value is -1.43. The van der Waals surface area contributed by atoms with Crippen molar-refractivity contribution in [3.05, 3.63) is 46.4 Å². The first kappa shape index (κ1) is 15.0. The largest absolute Gasteiger partial charge is 0.382 e. The van der Waals surface area contributed by atoms with Crippen LogP contribution in [-0.4, -0.2) is 25.3 Å². The summed E-state index contributed by atoms with van der Waals surface area (Å²) in [5.41, 5.74) is 2.23. The van der Waals surface area contributed by atoms with E-state index in [2.05, 4.69) is 35.4 Å². The van der Waals surface area contributed by atoms with E-state index in [1.807, 2.05) is 17.6 Å². The molecule has 20 heavy (non-hydrogen) atoms. The van der Waals surface area contributed by atoms with Gasteiger partial charge in [-0.15, -0.1) is 11.3 Å². The van der Waals surface area contributed by atoms with Gasteiger partial charge in [0.2, 0.25) is 0 Å². The summed E-state index contributed by atoms with van der Waals surface area (Å²) in [6, 6.07) is 8.47. The van der Waals surface area contributed by atoms with E-state index in [9.17, 15) is 0 Å². The molecular weight excluding hydrogens is 272 g/mol. The van der Waals surface area contributed by atoms with Gasteiger partial charge in [0, 0.05) is 24.4 Å². The molecule has 1 aromatic carbocycles. The van der Waals surface area contributed by atoms with Crippen molar-refractivity contribution in [2.24, 2.45) is 0 Å². The monoisotopic (exact) mass is 292 g/mol. The highest BCUT2D eigenvalue weighted by Gasteiger charge is 2.07. The average molecular weight is 292 g/mol. The molecule has 108 valence electrons. The highest BCUT2D eigenvalue weighted by Crippen LogP contribution is 2.21. The molecule has 1 heterocycles. The van der Waals surface area contributed by atoms with Gasteiger partial charge in [-0.2, -0.15) is 0 Å². The Labute approximate surface area is 123 Å². The maximum atomic E-state index is 5.53. The fourth-order valence-electron chi connectivity index (χ4n) is 1.84. The summed E-state index contributed by atoms with van der Waals surface area (Å²) in [5.74, 6) is 0. The number of aromatic nitrogens is 1. The molecule has 1 aromatic heterocycles. The third-order valence-corrected chi connectivity index (χ3v) is 3.79. The summed E-state index contributed by atoms with van der Waals surface area (Å²) in [6.07, 6.45) is 1.83. The topological polar surface area (TPSA) is 43.4 Å². The van der Waals surface area contributed by atoms with Gasteiger partial charge in [0.05, 0.1) is 25.9 Å².